The van der Waals surface area contributed by atoms with E-state index in [1.54, 1.807) is 30.5 Å². The van der Waals surface area contributed by atoms with Crippen LogP contribution in [0.25, 0.3) is 0 Å². The Kier molecular flexibility index (Phi) is 7.08. The Hall–Kier alpha value is -2.48. The summed E-state index contributed by atoms with van der Waals surface area (Å²) in [4.78, 5) is 21.4. The Balaban J connectivity index is 1.90. The van der Waals surface area contributed by atoms with Gasteiger partial charge in [0.05, 0.1) is 23.2 Å². The van der Waals surface area contributed by atoms with E-state index in [4.69, 9.17) is 5.73 Å². The lowest BCUT2D eigenvalue weighted by molar-refractivity contribution is -0.121. The summed E-state index contributed by atoms with van der Waals surface area (Å²) in [6.07, 6.45) is 0.437. The minimum absolute atomic E-state index is 0.305. The molecule has 1 unspecified atom stereocenters. The third-order valence-electron chi connectivity index (χ3n) is 3.95. The summed E-state index contributed by atoms with van der Waals surface area (Å²) in [6.45, 7) is 4.90. The van der Waals surface area contributed by atoms with E-state index >= 15 is 0 Å². The number of carbonyl (C=O) groups excluding carboxylic acids is 1. The molecule has 1 aromatic heterocycles. The molecule has 0 aliphatic rings. The largest absolute Gasteiger partial charge is 0.369 e. The zero-order valence-electron chi connectivity index (χ0n) is 15.2. The highest BCUT2D eigenvalue weighted by molar-refractivity contribution is 7.11. The van der Waals surface area contributed by atoms with Gasteiger partial charge in [-0.05, 0) is 38.0 Å². The van der Waals surface area contributed by atoms with Gasteiger partial charge in [0, 0.05) is 18.5 Å². The molecule has 0 fully saturated rings. The van der Waals surface area contributed by atoms with E-state index in [1.807, 2.05) is 13.8 Å². The molecule has 0 aliphatic carbocycles. The maximum atomic E-state index is 13.0. The van der Waals surface area contributed by atoms with E-state index in [1.165, 1.54) is 12.1 Å². The summed E-state index contributed by atoms with van der Waals surface area (Å²) >= 11 is 1.64. The lowest BCUT2D eigenvalue weighted by Crippen LogP contribution is -2.42. The predicted molar refractivity (Wildman–Crippen MR) is 103 cm³/mol. The number of guanidine groups is 1. The monoisotopic (exact) mass is 377 g/mol. The first-order valence-electron chi connectivity index (χ1n) is 8.30. The van der Waals surface area contributed by atoms with Crippen LogP contribution in [0.5, 0.6) is 0 Å². The Morgan fingerprint density at radius 2 is 2.00 bits per heavy atom. The summed E-state index contributed by atoms with van der Waals surface area (Å²) in [5.74, 6) is -0.556. The highest BCUT2D eigenvalue weighted by Crippen LogP contribution is 2.16. The van der Waals surface area contributed by atoms with Gasteiger partial charge in [-0.2, -0.15) is 0 Å². The maximum Gasteiger partial charge on any atom is 0.222 e. The molecule has 1 aromatic carbocycles. The van der Waals surface area contributed by atoms with Crippen molar-refractivity contribution in [2.24, 2.45) is 16.6 Å². The fourth-order valence-electron chi connectivity index (χ4n) is 2.52. The number of amides is 1. The van der Waals surface area contributed by atoms with Crippen LogP contribution >= 0.6 is 11.3 Å². The second kappa shape index (κ2) is 9.28. The molecule has 0 aliphatic heterocycles. The first-order valence-corrected chi connectivity index (χ1v) is 9.12. The minimum Gasteiger partial charge on any atom is -0.369 e. The van der Waals surface area contributed by atoms with E-state index in [9.17, 15) is 9.18 Å². The van der Waals surface area contributed by atoms with Gasteiger partial charge in [-0.1, -0.05) is 12.1 Å². The van der Waals surface area contributed by atoms with Crippen molar-refractivity contribution < 1.29 is 9.18 Å². The van der Waals surface area contributed by atoms with Crippen LogP contribution in [0, 0.1) is 25.6 Å². The number of benzene rings is 1. The third kappa shape index (κ3) is 5.80. The van der Waals surface area contributed by atoms with Gasteiger partial charge in [-0.15, -0.1) is 11.3 Å². The quantitative estimate of drug-likeness (QED) is 0.508. The molecule has 6 nitrogen and oxygen atoms in total. The average Bonchev–Trinajstić information content (AvgIpc) is 2.92. The molecule has 140 valence electrons. The van der Waals surface area contributed by atoms with Gasteiger partial charge >= 0.3 is 0 Å². The Morgan fingerprint density at radius 3 is 2.54 bits per heavy atom. The van der Waals surface area contributed by atoms with E-state index in [2.05, 4.69) is 20.6 Å². The Bertz CT molecular complexity index is 772. The van der Waals surface area contributed by atoms with Crippen molar-refractivity contribution in [1.82, 2.24) is 15.6 Å². The summed E-state index contributed by atoms with van der Waals surface area (Å²) in [5, 5.41) is 7.36. The van der Waals surface area contributed by atoms with Gasteiger partial charge in [-0.3, -0.25) is 9.79 Å². The van der Waals surface area contributed by atoms with Crippen LogP contribution < -0.4 is 16.4 Å². The molecule has 0 saturated carbocycles. The van der Waals surface area contributed by atoms with Crippen molar-refractivity contribution >= 4 is 23.2 Å². The molecule has 2 rings (SSSR count). The van der Waals surface area contributed by atoms with Gasteiger partial charge < -0.3 is 16.4 Å². The molecule has 0 radical (unpaired) electrons. The fraction of sp³-hybridized carbons (Fsp3) is 0.389. The van der Waals surface area contributed by atoms with Crippen molar-refractivity contribution in [3.63, 3.8) is 0 Å². The molecule has 1 amide bonds. The van der Waals surface area contributed by atoms with E-state index < -0.39 is 11.8 Å². The predicted octanol–water partition coefficient (Wildman–Crippen LogP) is 1.91. The van der Waals surface area contributed by atoms with Gasteiger partial charge in [0.25, 0.3) is 0 Å². The van der Waals surface area contributed by atoms with Crippen molar-refractivity contribution in [2.45, 2.75) is 26.8 Å². The number of primary amides is 1. The maximum absolute atomic E-state index is 13.0. The number of nitrogens with zero attached hydrogens (tertiary/aromatic N) is 2. The molecule has 2 aromatic rings. The average molecular weight is 377 g/mol. The topological polar surface area (TPSA) is 92.4 Å². The summed E-state index contributed by atoms with van der Waals surface area (Å²) in [7, 11) is 1.67. The molecule has 0 spiro atoms. The smallest absolute Gasteiger partial charge is 0.222 e. The molecule has 8 heteroatoms. The Labute approximate surface area is 156 Å². The normalized spacial score (nSPS) is 12.7. The second-order valence-corrected chi connectivity index (χ2v) is 7.27. The first kappa shape index (κ1) is 19.8. The van der Waals surface area contributed by atoms with Crippen molar-refractivity contribution in [3.05, 3.63) is 51.2 Å². The number of carbonyl (C=O) groups is 1. The van der Waals surface area contributed by atoms with E-state index in [-0.39, 0.29) is 5.82 Å². The van der Waals surface area contributed by atoms with Gasteiger partial charge in [-0.25, -0.2) is 9.37 Å². The number of nitrogens with two attached hydrogens (primary N) is 1. The van der Waals surface area contributed by atoms with Crippen LogP contribution in [0.3, 0.4) is 0 Å². The minimum atomic E-state index is -0.425. The van der Waals surface area contributed by atoms with Crippen LogP contribution in [-0.2, 0) is 17.8 Å². The van der Waals surface area contributed by atoms with E-state index in [0.717, 1.165) is 21.1 Å². The first-order chi connectivity index (χ1) is 12.4. The lowest BCUT2D eigenvalue weighted by atomic mass is 9.98. The molecule has 26 heavy (non-hydrogen) atoms. The molecule has 0 bridgehead atoms. The highest BCUT2D eigenvalue weighted by atomic mass is 32.1. The number of aryl methyl sites for hydroxylation is 2. The zero-order valence-corrected chi connectivity index (χ0v) is 16.0. The number of rotatable bonds is 7. The number of thiazole rings is 1. The number of hydrogen-bond acceptors (Lipinski definition) is 4. The molecular formula is C18H24FN5OS. The number of hydrogen-bond donors (Lipinski definition) is 3. The van der Waals surface area contributed by atoms with Crippen LogP contribution in [0.15, 0.2) is 29.3 Å². The summed E-state index contributed by atoms with van der Waals surface area (Å²) < 4.78 is 13.0. The number of aliphatic imine (C=N–C) groups is 1. The zero-order chi connectivity index (χ0) is 19.1. The number of nitrogens with one attached hydrogen (secondary N) is 2. The summed E-state index contributed by atoms with van der Waals surface area (Å²) in [6, 6.07) is 6.07. The highest BCUT2D eigenvalue weighted by Gasteiger charge is 2.17. The third-order valence-corrected chi connectivity index (χ3v) is 5.03. The lowest BCUT2D eigenvalue weighted by Gasteiger charge is -2.17. The van der Waals surface area contributed by atoms with Gasteiger partial charge in [0.15, 0.2) is 5.96 Å². The van der Waals surface area contributed by atoms with Crippen LogP contribution in [0.1, 0.15) is 21.1 Å². The van der Waals surface area contributed by atoms with Crippen LogP contribution in [0.2, 0.25) is 0 Å². The SMILES string of the molecule is CN=C(NCc1sc(C)nc1C)NCC(Cc1ccc(F)cc1)C(N)=O. The van der Waals surface area contributed by atoms with Crippen molar-refractivity contribution in [3.8, 4) is 0 Å². The van der Waals surface area contributed by atoms with Crippen molar-refractivity contribution in [2.75, 3.05) is 13.6 Å². The fourth-order valence-corrected chi connectivity index (χ4v) is 3.40. The van der Waals surface area contributed by atoms with Gasteiger partial charge in [0.1, 0.15) is 5.82 Å². The molecule has 0 saturated heterocycles. The second-order valence-electron chi connectivity index (χ2n) is 5.98. The van der Waals surface area contributed by atoms with E-state index in [0.29, 0.717) is 25.5 Å². The number of halogens is 1. The Morgan fingerprint density at radius 1 is 1.31 bits per heavy atom. The summed E-state index contributed by atoms with van der Waals surface area (Å²) in [5.41, 5.74) is 7.37. The van der Waals surface area contributed by atoms with Crippen LogP contribution in [-0.4, -0.2) is 30.4 Å². The molecular weight excluding hydrogens is 353 g/mol. The van der Waals surface area contributed by atoms with Crippen molar-refractivity contribution in [1.29, 1.82) is 0 Å². The van der Waals surface area contributed by atoms with Gasteiger partial charge in [0.2, 0.25) is 5.91 Å². The molecule has 1 atom stereocenters. The van der Waals surface area contributed by atoms with Crippen LogP contribution in [0.4, 0.5) is 4.39 Å². The number of aromatic nitrogens is 1. The standard InChI is InChI=1S/C18H24FN5OS/c1-11-16(26-12(2)24-11)10-23-18(21-3)22-9-14(17(20)25)8-13-4-6-15(19)7-5-13/h4-7,14H,8-10H2,1-3H3,(H2,20,25)(H2,21,22,23). The molecule has 1 heterocycles. The molecule has 4 N–H and O–H groups in total.